The van der Waals surface area contributed by atoms with E-state index in [0.717, 1.165) is 12.8 Å². The average Bonchev–Trinajstić information content (AvgIpc) is 2.34. The van der Waals surface area contributed by atoms with Crippen molar-refractivity contribution in [3.05, 3.63) is 36.0 Å². The quantitative estimate of drug-likeness (QED) is 0.507. The van der Waals surface area contributed by atoms with Crippen LogP contribution < -0.4 is 5.32 Å². The normalized spacial score (nSPS) is 18.1. The van der Waals surface area contributed by atoms with Crippen LogP contribution in [0, 0.1) is 5.92 Å². The third-order valence-corrected chi connectivity index (χ3v) is 4.03. The molecule has 0 aromatic rings. The lowest BCUT2D eigenvalue weighted by Gasteiger charge is -2.36. The molecule has 2 unspecified atom stereocenters. The lowest BCUT2D eigenvalue weighted by atomic mass is 9.78. The molecule has 0 aromatic carbocycles. The molecular formula is C16H29N. The Morgan fingerprint density at radius 2 is 2.00 bits per heavy atom. The van der Waals surface area contributed by atoms with Gasteiger partial charge in [0, 0.05) is 5.54 Å². The lowest BCUT2D eigenvalue weighted by molar-refractivity contribution is 0.274. The topological polar surface area (TPSA) is 12.0 Å². The third-order valence-electron chi connectivity index (χ3n) is 4.03. The van der Waals surface area contributed by atoms with Gasteiger partial charge in [0.1, 0.15) is 0 Å². The zero-order valence-corrected chi connectivity index (χ0v) is 12.4. The molecule has 0 fully saturated rings. The molecule has 0 saturated heterocycles. The maximum absolute atomic E-state index is 4.08. The molecule has 0 aliphatic rings. The minimum Gasteiger partial charge on any atom is -0.314 e. The van der Waals surface area contributed by atoms with Gasteiger partial charge in [0.05, 0.1) is 0 Å². The van der Waals surface area contributed by atoms with Crippen molar-refractivity contribution < 1.29 is 0 Å². The van der Waals surface area contributed by atoms with Crippen molar-refractivity contribution in [1.29, 1.82) is 0 Å². The Balaban J connectivity index is 4.63. The summed E-state index contributed by atoms with van der Waals surface area (Å²) in [6.07, 6.45) is 8.52. The molecule has 0 radical (unpaired) electrons. The minimum atomic E-state index is 0.140. The maximum atomic E-state index is 4.08. The SMILES string of the molecule is C=C(/C=C\C)CCC(C)(NC)C(C)/C(C)=C/C. The van der Waals surface area contributed by atoms with Crippen molar-refractivity contribution in [2.24, 2.45) is 5.92 Å². The maximum Gasteiger partial charge on any atom is 0.0215 e. The van der Waals surface area contributed by atoms with Crippen molar-refractivity contribution in [2.75, 3.05) is 7.05 Å². The van der Waals surface area contributed by atoms with E-state index >= 15 is 0 Å². The smallest absolute Gasteiger partial charge is 0.0215 e. The first-order valence-corrected chi connectivity index (χ1v) is 6.53. The third kappa shape index (κ3) is 4.91. The summed E-state index contributed by atoms with van der Waals surface area (Å²) in [6, 6.07) is 0. The largest absolute Gasteiger partial charge is 0.314 e. The molecule has 0 spiro atoms. The molecule has 0 aliphatic carbocycles. The first-order chi connectivity index (χ1) is 7.91. The van der Waals surface area contributed by atoms with Gasteiger partial charge in [-0.25, -0.2) is 0 Å². The van der Waals surface area contributed by atoms with Crippen molar-refractivity contribution in [2.45, 2.75) is 53.0 Å². The number of rotatable bonds is 7. The molecule has 1 nitrogen and oxygen atoms in total. The van der Waals surface area contributed by atoms with Crippen LogP contribution in [0.2, 0.25) is 0 Å². The number of hydrogen-bond donors (Lipinski definition) is 1. The van der Waals surface area contributed by atoms with E-state index in [4.69, 9.17) is 0 Å². The van der Waals surface area contributed by atoms with Gasteiger partial charge in [0.15, 0.2) is 0 Å². The summed E-state index contributed by atoms with van der Waals surface area (Å²) in [5.41, 5.74) is 2.79. The summed E-state index contributed by atoms with van der Waals surface area (Å²) in [5.74, 6) is 0.538. The van der Waals surface area contributed by atoms with E-state index in [2.05, 4.69) is 64.9 Å². The van der Waals surface area contributed by atoms with Gasteiger partial charge in [-0.3, -0.25) is 0 Å². The van der Waals surface area contributed by atoms with Gasteiger partial charge in [-0.05, 0) is 53.5 Å². The molecule has 0 aliphatic heterocycles. The second kappa shape index (κ2) is 7.50. The van der Waals surface area contributed by atoms with Crippen molar-refractivity contribution in [3.8, 4) is 0 Å². The Morgan fingerprint density at radius 1 is 1.41 bits per heavy atom. The van der Waals surface area contributed by atoms with Gasteiger partial charge in [-0.15, -0.1) is 0 Å². The Kier molecular flexibility index (Phi) is 7.13. The second-order valence-electron chi connectivity index (χ2n) is 5.08. The van der Waals surface area contributed by atoms with E-state index in [9.17, 15) is 0 Å². The van der Waals surface area contributed by atoms with Crippen molar-refractivity contribution in [1.82, 2.24) is 5.32 Å². The fraction of sp³-hybridized carbons (Fsp3) is 0.625. The van der Waals surface area contributed by atoms with Crippen LogP contribution in [0.1, 0.15) is 47.5 Å². The van der Waals surface area contributed by atoms with Crippen LogP contribution in [0.5, 0.6) is 0 Å². The number of nitrogens with one attached hydrogen (secondary N) is 1. The molecular weight excluding hydrogens is 206 g/mol. The molecule has 2 atom stereocenters. The highest BCUT2D eigenvalue weighted by Crippen LogP contribution is 2.29. The highest BCUT2D eigenvalue weighted by atomic mass is 14.9. The van der Waals surface area contributed by atoms with E-state index in [1.807, 2.05) is 6.92 Å². The summed E-state index contributed by atoms with van der Waals surface area (Å²) in [7, 11) is 2.05. The second-order valence-corrected chi connectivity index (χ2v) is 5.08. The summed E-state index contributed by atoms with van der Waals surface area (Å²) < 4.78 is 0. The van der Waals surface area contributed by atoms with Gasteiger partial charge in [0.2, 0.25) is 0 Å². The number of hydrogen-bond acceptors (Lipinski definition) is 1. The molecule has 0 saturated carbocycles. The number of allylic oxidation sites excluding steroid dienone is 4. The molecule has 0 aromatic heterocycles. The van der Waals surface area contributed by atoms with Crippen LogP contribution in [0.25, 0.3) is 0 Å². The van der Waals surface area contributed by atoms with E-state index in [1.54, 1.807) is 0 Å². The molecule has 0 bridgehead atoms. The van der Waals surface area contributed by atoms with E-state index in [1.165, 1.54) is 11.1 Å². The van der Waals surface area contributed by atoms with Crippen molar-refractivity contribution >= 4 is 0 Å². The first-order valence-electron chi connectivity index (χ1n) is 6.53. The zero-order valence-electron chi connectivity index (χ0n) is 12.4. The Hall–Kier alpha value is -0.820. The zero-order chi connectivity index (χ0) is 13.5. The molecule has 1 heteroatoms. The molecule has 0 rings (SSSR count). The molecule has 0 heterocycles. The lowest BCUT2D eigenvalue weighted by Crippen LogP contribution is -2.46. The standard InChI is InChI=1S/C16H29N/c1-8-10-13(3)11-12-16(6,17-7)15(5)14(4)9-2/h8-10,15,17H,3,11-12H2,1-2,4-7H3/b10-8-,14-9+. The highest BCUT2D eigenvalue weighted by Gasteiger charge is 2.29. The van der Waals surface area contributed by atoms with E-state index in [0.29, 0.717) is 5.92 Å². The Bertz CT molecular complexity index is 299. The predicted molar refractivity (Wildman–Crippen MR) is 79.2 cm³/mol. The molecule has 98 valence electrons. The van der Waals surface area contributed by atoms with Crippen LogP contribution in [0.4, 0.5) is 0 Å². The predicted octanol–water partition coefficient (Wildman–Crippen LogP) is 4.48. The van der Waals surface area contributed by atoms with Crippen molar-refractivity contribution in [3.63, 3.8) is 0 Å². The summed E-state index contributed by atoms with van der Waals surface area (Å²) in [5, 5.41) is 3.48. The van der Waals surface area contributed by atoms with Crippen LogP contribution >= 0.6 is 0 Å². The van der Waals surface area contributed by atoms with Gasteiger partial charge in [-0.2, -0.15) is 0 Å². The average molecular weight is 235 g/mol. The van der Waals surface area contributed by atoms with E-state index < -0.39 is 0 Å². The van der Waals surface area contributed by atoms with Crippen LogP contribution in [0.15, 0.2) is 36.0 Å². The Morgan fingerprint density at radius 3 is 2.41 bits per heavy atom. The van der Waals surface area contributed by atoms with Crippen LogP contribution in [-0.2, 0) is 0 Å². The fourth-order valence-electron chi connectivity index (χ4n) is 2.05. The summed E-state index contributed by atoms with van der Waals surface area (Å²) >= 11 is 0. The summed E-state index contributed by atoms with van der Waals surface area (Å²) in [4.78, 5) is 0. The van der Waals surface area contributed by atoms with Gasteiger partial charge in [-0.1, -0.05) is 42.9 Å². The first kappa shape index (κ1) is 16.2. The molecule has 0 amide bonds. The summed E-state index contributed by atoms with van der Waals surface area (Å²) in [6.45, 7) is 15.0. The van der Waals surface area contributed by atoms with Gasteiger partial charge >= 0.3 is 0 Å². The van der Waals surface area contributed by atoms with E-state index in [-0.39, 0.29) is 5.54 Å². The van der Waals surface area contributed by atoms with Gasteiger partial charge in [0.25, 0.3) is 0 Å². The molecule has 1 N–H and O–H groups in total. The van der Waals surface area contributed by atoms with Gasteiger partial charge < -0.3 is 5.32 Å². The monoisotopic (exact) mass is 235 g/mol. The highest BCUT2D eigenvalue weighted by molar-refractivity contribution is 5.16. The molecule has 17 heavy (non-hydrogen) atoms. The fourth-order valence-corrected chi connectivity index (χ4v) is 2.05. The van der Waals surface area contributed by atoms with Crippen LogP contribution in [0.3, 0.4) is 0 Å². The van der Waals surface area contributed by atoms with Crippen LogP contribution in [-0.4, -0.2) is 12.6 Å². The Labute approximate surface area is 108 Å². The minimum absolute atomic E-state index is 0.140.